The van der Waals surface area contributed by atoms with E-state index in [1.54, 1.807) is 13.8 Å². The molecule has 7 nitrogen and oxygen atoms in total. The molecule has 20 heavy (non-hydrogen) atoms. The van der Waals surface area contributed by atoms with Crippen LogP contribution in [0.15, 0.2) is 0 Å². The minimum Gasteiger partial charge on any atom is -0.385 e. The molecule has 3 aliphatic heterocycles. The Balaban J connectivity index is 1.81. The summed E-state index contributed by atoms with van der Waals surface area (Å²) in [4.78, 5) is 0. The molecule has 3 fully saturated rings. The van der Waals surface area contributed by atoms with Crippen LogP contribution in [0, 0.1) is 0 Å². The smallest absolute Gasteiger partial charge is 0.184 e. The van der Waals surface area contributed by atoms with Gasteiger partial charge in [-0.3, -0.25) is 0 Å². The highest BCUT2D eigenvalue weighted by molar-refractivity contribution is 5.00. The molecule has 3 saturated heterocycles. The first-order valence-electron chi connectivity index (χ1n) is 6.87. The maximum atomic E-state index is 9.99. The largest absolute Gasteiger partial charge is 0.385 e. The molecule has 0 bridgehead atoms. The molecule has 0 aliphatic carbocycles. The lowest BCUT2D eigenvalue weighted by molar-refractivity contribution is -0.280. The lowest BCUT2D eigenvalue weighted by Gasteiger charge is -2.39. The van der Waals surface area contributed by atoms with Crippen LogP contribution >= 0.6 is 0 Å². The van der Waals surface area contributed by atoms with E-state index in [1.165, 1.54) is 0 Å². The van der Waals surface area contributed by atoms with Gasteiger partial charge in [0.2, 0.25) is 0 Å². The highest BCUT2D eigenvalue weighted by Gasteiger charge is 2.58. The summed E-state index contributed by atoms with van der Waals surface area (Å²) in [5, 5.41) is 19.8. The second-order valence-corrected chi connectivity index (χ2v) is 6.41. The monoisotopic (exact) mass is 290 g/mol. The normalized spacial score (nSPS) is 50.1. The molecule has 6 atom stereocenters. The van der Waals surface area contributed by atoms with Gasteiger partial charge < -0.3 is 33.9 Å². The predicted molar refractivity (Wildman–Crippen MR) is 65.6 cm³/mol. The summed E-state index contributed by atoms with van der Waals surface area (Å²) in [6.45, 7) is 7.49. The first-order valence-corrected chi connectivity index (χ1v) is 6.87. The Hall–Kier alpha value is -0.280. The van der Waals surface area contributed by atoms with Crippen LogP contribution in [0.4, 0.5) is 0 Å². The van der Waals surface area contributed by atoms with Crippen LogP contribution in [0.1, 0.15) is 27.7 Å². The fourth-order valence-electron chi connectivity index (χ4n) is 2.99. The Labute approximate surface area is 117 Å². The summed E-state index contributed by atoms with van der Waals surface area (Å²) in [5.74, 6) is -1.53. The van der Waals surface area contributed by atoms with Gasteiger partial charge in [-0.1, -0.05) is 0 Å². The zero-order chi connectivity index (χ0) is 14.7. The van der Waals surface area contributed by atoms with Crippen LogP contribution in [0.2, 0.25) is 0 Å². The first-order chi connectivity index (χ1) is 9.19. The fourth-order valence-corrected chi connectivity index (χ4v) is 2.99. The highest BCUT2D eigenvalue weighted by atomic mass is 16.8. The van der Waals surface area contributed by atoms with Gasteiger partial charge in [0, 0.05) is 0 Å². The van der Waals surface area contributed by atoms with Gasteiger partial charge >= 0.3 is 0 Å². The summed E-state index contributed by atoms with van der Waals surface area (Å²) in [5.41, 5.74) is 0. The van der Waals surface area contributed by atoms with E-state index in [4.69, 9.17) is 23.7 Å². The van der Waals surface area contributed by atoms with Crippen molar-refractivity contribution in [3.05, 3.63) is 0 Å². The minimum absolute atomic E-state index is 0.341. The van der Waals surface area contributed by atoms with E-state index in [0.29, 0.717) is 6.61 Å². The van der Waals surface area contributed by atoms with Gasteiger partial charge in [0.1, 0.15) is 30.5 Å². The van der Waals surface area contributed by atoms with Crippen molar-refractivity contribution < 1.29 is 33.9 Å². The van der Waals surface area contributed by atoms with E-state index >= 15 is 0 Å². The maximum Gasteiger partial charge on any atom is 0.184 e. The van der Waals surface area contributed by atoms with Crippen molar-refractivity contribution in [2.45, 2.75) is 76.1 Å². The van der Waals surface area contributed by atoms with Crippen molar-refractivity contribution in [2.24, 2.45) is 0 Å². The van der Waals surface area contributed by atoms with Gasteiger partial charge in [-0.2, -0.15) is 0 Å². The summed E-state index contributed by atoms with van der Waals surface area (Å²) < 4.78 is 28.3. The summed E-state index contributed by atoms with van der Waals surface area (Å²) >= 11 is 0. The second-order valence-electron chi connectivity index (χ2n) is 6.41. The molecule has 0 radical (unpaired) electrons. The molecular weight excluding hydrogens is 268 g/mol. The quantitative estimate of drug-likeness (QED) is 0.688. The number of aliphatic hydroxyl groups is 2. The second kappa shape index (κ2) is 4.61. The van der Waals surface area contributed by atoms with Gasteiger partial charge in [-0.25, -0.2) is 0 Å². The van der Waals surface area contributed by atoms with Crippen LogP contribution in [0.5, 0.6) is 0 Å². The van der Waals surface area contributed by atoms with E-state index in [-0.39, 0.29) is 6.10 Å². The summed E-state index contributed by atoms with van der Waals surface area (Å²) in [6, 6.07) is 0. The van der Waals surface area contributed by atoms with Crippen LogP contribution in [0.3, 0.4) is 0 Å². The van der Waals surface area contributed by atoms with E-state index in [9.17, 15) is 10.2 Å². The molecule has 7 heteroatoms. The van der Waals surface area contributed by atoms with Gasteiger partial charge in [-0.05, 0) is 27.7 Å². The average molecular weight is 290 g/mol. The van der Waals surface area contributed by atoms with E-state index < -0.39 is 42.3 Å². The van der Waals surface area contributed by atoms with Gasteiger partial charge in [-0.15, -0.1) is 0 Å². The molecule has 0 aromatic heterocycles. The Bertz CT molecular complexity index is 383. The van der Waals surface area contributed by atoms with Crippen molar-refractivity contribution in [2.75, 3.05) is 6.61 Å². The van der Waals surface area contributed by atoms with Crippen molar-refractivity contribution >= 4 is 0 Å². The third kappa shape index (κ3) is 2.48. The average Bonchev–Trinajstić information content (AvgIpc) is 2.83. The van der Waals surface area contributed by atoms with Crippen LogP contribution in [0.25, 0.3) is 0 Å². The lowest BCUT2D eigenvalue weighted by atomic mass is 9.96. The number of hydrogen-bond acceptors (Lipinski definition) is 7. The Morgan fingerprint density at radius 2 is 1.50 bits per heavy atom. The zero-order valence-corrected chi connectivity index (χ0v) is 12.1. The fraction of sp³-hybridized carbons (Fsp3) is 1.00. The van der Waals surface area contributed by atoms with Crippen molar-refractivity contribution in [3.63, 3.8) is 0 Å². The van der Waals surface area contributed by atoms with Crippen molar-refractivity contribution in [1.29, 1.82) is 0 Å². The number of fused-ring (bicyclic) bond motifs is 1. The van der Waals surface area contributed by atoms with Crippen molar-refractivity contribution in [1.82, 2.24) is 0 Å². The third-order valence-electron chi connectivity index (χ3n) is 3.81. The van der Waals surface area contributed by atoms with Crippen LogP contribution in [-0.4, -0.2) is 65.2 Å². The first kappa shape index (κ1) is 14.6. The van der Waals surface area contributed by atoms with Gasteiger partial charge in [0.15, 0.2) is 17.9 Å². The standard InChI is InChI=1S/C13H22O7/c1-12(2)16-5-6(18-12)8-10-9(7(14)11(15)17-8)19-13(3,4)20-10/h6-11,14-15H,5H2,1-4H3/t6?,7-,8?,9+,10-,11?/m1/s1. The molecule has 3 rings (SSSR count). The van der Waals surface area contributed by atoms with Gasteiger partial charge in [0.05, 0.1) is 6.61 Å². The number of aliphatic hydroxyl groups excluding tert-OH is 2. The molecule has 3 heterocycles. The molecule has 0 spiro atoms. The van der Waals surface area contributed by atoms with Gasteiger partial charge in [0.25, 0.3) is 0 Å². The Morgan fingerprint density at radius 1 is 0.850 bits per heavy atom. The molecular formula is C13H22O7. The Kier molecular flexibility index (Phi) is 3.37. The lowest BCUT2D eigenvalue weighted by Crippen LogP contribution is -2.59. The molecule has 0 aromatic rings. The topological polar surface area (TPSA) is 86.6 Å². The van der Waals surface area contributed by atoms with Crippen LogP contribution < -0.4 is 0 Å². The molecule has 3 unspecified atom stereocenters. The third-order valence-corrected chi connectivity index (χ3v) is 3.81. The molecule has 2 N–H and O–H groups in total. The minimum atomic E-state index is -1.33. The number of rotatable bonds is 1. The van der Waals surface area contributed by atoms with Crippen LogP contribution in [-0.2, 0) is 23.7 Å². The molecule has 3 aliphatic rings. The number of hydrogen-bond donors (Lipinski definition) is 2. The Morgan fingerprint density at radius 3 is 2.10 bits per heavy atom. The highest BCUT2D eigenvalue weighted by Crippen LogP contribution is 2.40. The number of ether oxygens (including phenoxy) is 5. The molecule has 116 valence electrons. The SMILES string of the molecule is CC1(C)OCC(C2OC(O)[C@H](O)[C@@H]3OC(C)(C)O[C@H]23)O1. The summed E-state index contributed by atoms with van der Waals surface area (Å²) in [6.07, 6.45) is -4.56. The van der Waals surface area contributed by atoms with Crippen molar-refractivity contribution in [3.8, 4) is 0 Å². The van der Waals surface area contributed by atoms with E-state index in [0.717, 1.165) is 0 Å². The molecule has 0 aromatic carbocycles. The predicted octanol–water partition coefficient (Wildman–Crippen LogP) is -0.264. The van der Waals surface area contributed by atoms with E-state index in [2.05, 4.69) is 0 Å². The maximum absolute atomic E-state index is 9.99. The molecule has 0 saturated carbocycles. The van der Waals surface area contributed by atoms with E-state index in [1.807, 2.05) is 13.8 Å². The molecule has 0 amide bonds. The zero-order valence-electron chi connectivity index (χ0n) is 12.1. The summed E-state index contributed by atoms with van der Waals surface area (Å²) in [7, 11) is 0.